The molecule has 2 aromatic rings. The topological polar surface area (TPSA) is 37.8 Å². The Bertz CT molecular complexity index is 538. The number of nitrogens with one attached hydrogen (secondary N) is 1. The highest BCUT2D eigenvalue weighted by Gasteiger charge is 2.29. The minimum atomic E-state index is -4.31. The smallest absolute Gasteiger partial charge is 0.350 e. The first-order valence-corrected chi connectivity index (χ1v) is 5.70. The van der Waals surface area contributed by atoms with Crippen molar-refractivity contribution in [2.24, 2.45) is 0 Å². The zero-order valence-electron chi connectivity index (χ0n) is 9.58. The Labute approximate surface area is 112 Å². The van der Waals surface area contributed by atoms with Crippen LogP contribution in [0.3, 0.4) is 0 Å². The van der Waals surface area contributed by atoms with E-state index in [1.165, 1.54) is 24.5 Å². The van der Waals surface area contributed by atoms with Crippen molar-refractivity contribution in [3.05, 3.63) is 52.8 Å². The lowest BCUT2D eigenvalue weighted by atomic mass is 10.1. The van der Waals surface area contributed by atoms with Gasteiger partial charge in [-0.1, -0.05) is 23.7 Å². The molecule has 0 fully saturated rings. The molecule has 0 aliphatic carbocycles. The van der Waals surface area contributed by atoms with E-state index in [1.807, 2.05) is 0 Å². The standard InChI is InChI=1S/C12H9ClF3N3/c13-10-6-18-11(19-7-10)17-5-8-1-3-9(4-2-8)12(14,15)16/h1-4,6-7H,5H2,(H,17,18,19). The van der Waals surface area contributed by atoms with Crippen LogP contribution in [0.15, 0.2) is 36.7 Å². The Morgan fingerprint density at radius 2 is 1.63 bits per heavy atom. The molecule has 1 N–H and O–H groups in total. The minimum absolute atomic E-state index is 0.333. The molecule has 0 bridgehead atoms. The molecule has 0 saturated carbocycles. The number of hydrogen-bond acceptors (Lipinski definition) is 3. The van der Waals surface area contributed by atoms with Gasteiger partial charge in [-0.3, -0.25) is 0 Å². The highest BCUT2D eigenvalue weighted by Crippen LogP contribution is 2.29. The summed E-state index contributed by atoms with van der Waals surface area (Å²) in [5.41, 5.74) is 0.0329. The molecule has 0 aliphatic rings. The molecule has 1 heterocycles. The summed E-state index contributed by atoms with van der Waals surface area (Å²) >= 11 is 5.63. The van der Waals surface area contributed by atoms with Gasteiger partial charge >= 0.3 is 6.18 Å². The zero-order chi connectivity index (χ0) is 13.9. The van der Waals surface area contributed by atoms with E-state index >= 15 is 0 Å². The van der Waals surface area contributed by atoms with Gasteiger partial charge in [0.1, 0.15) is 0 Å². The fourth-order valence-electron chi connectivity index (χ4n) is 1.40. The summed E-state index contributed by atoms with van der Waals surface area (Å²) in [6.07, 6.45) is -1.45. The van der Waals surface area contributed by atoms with Gasteiger partial charge in [-0.25, -0.2) is 9.97 Å². The van der Waals surface area contributed by atoms with Gasteiger partial charge < -0.3 is 5.32 Å². The number of aromatic nitrogens is 2. The van der Waals surface area contributed by atoms with Crippen LogP contribution in [0.2, 0.25) is 5.02 Å². The summed E-state index contributed by atoms with van der Waals surface area (Å²) in [5, 5.41) is 3.30. The average Bonchev–Trinajstić information content (AvgIpc) is 2.37. The Balaban J connectivity index is 1.98. The number of rotatable bonds is 3. The molecule has 1 aromatic carbocycles. The monoisotopic (exact) mass is 287 g/mol. The van der Waals surface area contributed by atoms with E-state index in [0.717, 1.165) is 12.1 Å². The van der Waals surface area contributed by atoms with Crippen LogP contribution in [-0.4, -0.2) is 9.97 Å². The van der Waals surface area contributed by atoms with E-state index in [-0.39, 0.29) is 0 Å². The summed E-state index contributed by atoms with van der Waals surface area (Å²) in [4.78, 5) is 7.83. The fraction of sp³-hybridized carbons (Fsp3) is 0.167. The van der Waals surface area contributed by atoms with E-state index in [2.05, 4.69) is 15.3 Å². The molecule has 0 amide bonds. The van der Waals surface area contributed by atoms with Crippen molar-refractivity contribution in [2.75, 3.05) is 5.32 Å². The third kappa shape index (κ3) is 3.82. The third-order valence-electron chi connectivity index (χ3n) is 2.35. The first-order valence-electron chi connectivity index (χ1n) is 5.33. The summed E-state index contributed by atoms with van der Waals surface area (Å²) in [7, 11) is 0. The van der Waals surface area contributed by atoms with Crippen LogP contribution in [0.4, 0.5) is 19.1 Å². The van der Waals surface area contributed by atoms with Gasteiger partial charge in [0.15, 0.2) is 0 Å². The maximum atomic E-state index is 12.4. The number of alkyl halides is 3. The number of benzene rings is 1. The molecule has 0 unspecified atom stereocenters. The maximum Gasteiger partial charge on any atom is 0.416 e. The molecule has 0 saturated heterocycles. The molecule has 7 heteroatoms. The van der Waals surface area contributed by atoms with Crippen LogP contribution < -0.4 is 5.32 Å². The molecular weight excluding hydrogens is 279 g/mol. The summed E-state index contributed by atoms with van der Waals surface area (Å²) in [5.74, 6) is 0.365. The summed E-state index contributed by atoms with van der Waals surface area (Å²) in [6, 6.07) is 4.90. The van der Waals surface area contributed by atoms with Crippen molar-refractivity contribution in [3.63, 3.8) is 0 Å². The predicted molar refractivity (Wildman–Crippen MR) is 65.8 cm³/mol. The molecule has 0 spiro atoms. The normalized spacial score (nSPS) is 11.4. The van der Waals surface area contributed by atoms with Crippen LogP contribution in [-0.2, 0) is 12.7 Å². The molecule has 0 aliphatic heterocycles. The number of nitrogens with zero attached hydrogens (tertiary/aromatic N) is 2. The molecule has 0 radical (unpaired) electrons. The van der Waals surface area contributed by atoms with E-state index in [4.69, 9.17) is 11.6 Å². The number of halogens is 4. The minimum Gasteiger partial charge on any atom is -0.350 e. The van der Waals surface area contributed by atoms with Crippen LogP contribution >= 0.6 is 11.6 Å². The second-order valence-electron chi connectivity index (χ2n) is 3.77. The van der Waals surface area contributed by atoms with E-state index in [9.17, 15) is 13.2 Å². The second-order valence-corrected chi connectivity index (χ2v) is 4.21. The molecule has 0 atom stereocenters. The van der Waals surface area contributed by atoms with Crippen molar-refractivity contribution in [1.29, 1.82) is 0 Å². The quantitative estimate of drug-likeness (QED) is 0.934. The largest absolute Gasteiger partial charge is 0.416 e. The van der Waals surface area contributed by atoms with E-state index in [0.29, 0.717) is 23.1 Å². The van der Waals surface area contributed by atoms with Gasteiger partial charge in [-0.2, -0.15) is 13.2 Å². The van der Waals surface area contributed by atoms with Gasteiger partial charge in [0, 0.05) is 6.54 Å². The first kappa shape index (κ1) is 13.6. The summed E-state index contributed by atoms with van der Waals surface area (Å²) in [6.45, 7) is 0.333. The molecule has 19 heavy (non-hydrogen) atoms. The average molecular weight is 288 g/mol. The predicted octanol–water partition coefficient (Wildman–Crippen LogP) is 3.76. The highest BCUT2D eigenvalue weighted by molar-refractivity contribution is 6.30. The lowest BCUT2D eigenvalue weighted by molar-refractivity contribution is -0.137. The van der Waals surface area contributed by atoms with Crippen molar-refractivity contribution < 1.29 is 13.2 Å². The maximum absolute atomic E-state index is 12.4. The van der Waals surface area contributed by atoms with E-state index < -0.39 is 11.7 Å². The van der Waals surface area contributed by atoms with Gasteiger partial charge in [0.25, 0.3) is 0 Å². The van der Waals surface area contributed by atoms with Crippen LogP contribution in [0.25, 0.3) is 0 Å². The van der Waals surface area contributed by atoms with Gasteiger partial charge in [-0.15, -0.1) is 0 Å². The van der Waals surface area contributed by atoms with Gasteiger partial charge in [0.05, 0.1) is 23.0 Å². The lowest BCUT2D eigenvalue weighted by Crippen LogP contribution is -2.06. The van der Waals surface area contributed by atoms with E-state index in [1.54, 1.807) is 0 Å². The van der Waals surface area contributed by atoms with Crippen LogP contribution in [0.5, 0.6) is 0 Å². The van der Waals surface area contributed by atoms with Crippen molar-refractivity contribution in [2.45, 2.75) is 12.7 Å². The Morgan fingerprint density at radius 1 is 1.05 bits per heavy atom. The molecular formula is C12H9ClF3N3. The van der Waals surface area contributed by atoms with Crippen molar-refractivity contribution in [1.82, 2.24) is 9.97 Å². The Hall–Kier alpha value is -1.82. The zero-order valence-corrected chi connectivity index (χ0v) is 10.3. The Kier molecular flexibility index (Phi) is 3.90. The number of anilines is 1. The van der Waals surface area contributed by atoms with Crippen LogP contribution in [0, 0.1) is 0 Å². The molecule has 100 valence electrons. The molecule has 2 rings (SSSR count). The number of hydrogen-bond donors (Lipinski definition) is 1. The first-order chi connectivity index (χ1) is 8.95. The molecule has 1 aromatic heterocycles. The van der Waals surface area contributed by atoms with Crippen molar-refractivity contribution in [3.8, 4) is 0 Å². The Morgan fingerprint density at radius 3 is 2.16 bits per heavy atom. The summed E-state index contributed by atoms with van der Waals surface area (Å²) < 4.78 is 37.1. The van der Waals surface area contributed by atoms with Gasteiger partial charge in [-0.05, 0) is 17.7 Å². The second kappa shape index (κ2) is 5.44. The molecule has 3 nitrogen and oxygen atoms in total. The lowest BCUT2D eigenvalue weighted by Gasteiger charge is -2.08. The SMILES string of the molecule is FC(F)(F)c1ccc(CNc2ncc(Cl)cn2)cc1. The van der Waals surface area contributed by atoms with Crippen LogP contribution in [0.1, 0.15) is 11.1 Å². The fourth-order valence-corrected chi connectivity index (χ4v) is 1.49. The van der Waals surface area contributed by atoms with Gasteiger partial charge in [0.2, 0.25) is 5.95 Å². The third-order valence-corrected chi connectivity index (χ3v) is 2.55. The highest BCUT2D eigenvalue weighted by atomic mass is 35.5. The van der Waals surface area contributed by atoms with Crippen molar-refractivity contribution >= 4 is 17.5 Å².